The predicted octanol–water partition coefficient (Wildman–Crippen LogP) is 4.17. The van der Waals surface area contributed by atoms with Gasteiger partial charge in [0.2, 0.25) is 0 Å². The first kappa shape index (κ1) is 21.2. The highest BCUT2D eigenvalue weighted by molar-refractivity contribution is 5.83. The number of furan rings is 1. The Morgan fingerprint density at radius 2 is 2.09 bits per heavy atom. The van der Waals surface area contributed by atoms with Crippen LogP contribution in [0, 0.1) is 0 Å². The van der Waals surface area contributed by atoms with Crippen molar-refractivity contribution in [3.05, 3.63) is 66.3 Å². The maximum Gasteiger partial charge on any atom is 0.126 e. The Bertz CT molecular complexity index is 1050. The van der Waals surface area contributed by atoms with Crippen molar-refractivity contribution in [3.8, 4) is 5.75 Å². The molecule has 2 aliphatic rings. The van der Waals surface area contributed by atoms with Gasteiger partial charge < -0.3 is 19.6 Å². The van der Waals surface area contributed by atoms with E-state index >= 15 is 0 Å². The van der Waals surface area contributed by atoms with E-state index in [-0.39, 0.29) is 0 Å². The first-order chi connectivity index (χ1) is 15.7. The van der Waals surface area contributed by atoms with Gasteiger partial charge >= 0.3 is 0 Å². The second-order valence-electron chi connectivity index (χ2n) is 8.88. The fourth-order valence-corrected chi connectivity index (χ4v) is 5.40. The zero-order valence-corrected chi connectivity index (χ0v) is 18.5. The lowest BCUT2D eigenvalue weighted by molar-refractivity contribution is 0.0529. The zero-order valence-electron chi connectivity index (χ0n) is 18.5. The quantitative estimate of drug-likeness (QED) is 0.556. The van der Waals surface area contributed by atoms with E-state index in [1.165, 1.54) is 12.8 Å². The number of rotatable bonds is 8. The summed E-state index contributed by atoms with van der Waals surface area (Å²) in [5.41, 5.74) is 1.81. The van der Waals surface area contributed by atoms with Crippen LogP contribution in [-0.2, 0) is 0 Å². The summed E-state index contributed by atoms with van der Waals surface area (Å²) in [4.78, 5) is 6.99. The molecule has 6 heteroatoms. The molecule has 5 rings (SSSR count). The number of aliphatic hydroxyl groups excluding tert-OH is 1. The highest BCUT2D eigenvalue weighted by atomic mass is 16.5. The topological polar surface area (TPSA) is 70.8 Å². The smallest absolute Gasteiger partial charge is 0.126 e. The number of hydrogen-bond acceptors (Lipinski definition) is 6. The SMILES string of the molecule is COc1ccc2nccc(C(O)CN3C4CCC3CC(NCC=Cc3ccco3)C4)c2c1. The van der Waals surface area contributed by atoms with E-state index in [0.717, 1.165) is 47.4 Å². The number of aromatic nitrogens is 1. The molecule has 2 N–H and O–H groups in total. The van der Waals surface area contributed by atoms with E-state index in [9.17, 15) is 5.11 Å². The maximum absolute atomic E-state index is 11.2. The first-order valence-corrected chi connectivity index (χ1v) is 11.5. The van der Waals surface area contributed by atoms with E-state index in [1.54, 1.807) is 19.6 Å². The number of fused-ring (bicyclic) bond motifs is 3. The van der Waals surface area contributed by atoms with Crippen LogP contribution in [0.4, 0.5) is 0 Å². The van der Waals surface area contributed by atoms with Crippen LogP contribution in [0.3, 0.4) is 0 Å². The lowest BCUT2D eigenvalue weighted by atomic mass is 9.95. The van der Waals surface area contributed by atoms with Gasteiger partial charge in [-0.15, -0.1) is 0 Å². The van der Waals surface area contributed by atoms with Crippen molar-refractivity contribution >= 4 is 17.0 Å². The number of ether oxygens (including phenoxy) is 1. The van der Waals surface area contributed by atoms with Gasteiger partial charge in [-0.05, 0) is 73.7 Å². The molecular weight excluding hydrogens is 402 g/mol. The van der Waals surface area contributed by atoms with Gasteiger partial charge in [0.1, 0.15) is 11.5 Å². The van der Waals surface area contributed by atoms with Gasteiger partial charge in [-0.2, -0.15) is 0 Å². The summed E-state index contributed by atoms with van der Waals surface area (Å²) >= 11 is 0. The van der Waals surface area contributed by atoms with Crippen LogP contribution < -0.4 is 10.1 Å². The summed E-state index contributed by atoms with van der Waals surface area (Å²) in [6.45, 7) is 1.51. The number of aliphatic hydroxyl groups is 1. The van der Waals surface area contributed by atoms with Crippen molar-refractivity contribution in [3.63, 3.8) is 0 Å². The number of nitrogens with zero attached hydrogens (tertiary/aromatic N) is 2. The van der Waals surface area contributed by atoms with Crippen LogP contribution in [0.5, 0.6) is 5.75 Å². The molecule has 0 radical (unpaired) electrons. The normalized spacial score (nSPS) is 24.4. The molecule has 0 saturated carbocycles. The van der Waals surface area contributed by atoms with Crippen LogP contribution in [0.1, 0.15) is 43.1 Å². The molecule has 3 aromatic rings. The largest absolute Gasteiger partial charge is 0.497 e. The molecule has 2 aliphatic heterocycles. The first-order valence-electron chi connectivity index (χ1n) is 11.5. The molecule has 4 heterocycles. The Hall–Kier alpha value is -2.67. The lowest BCUT2D eigenvalue weighted by Gasteiger charge is -2.40. The molecule has 3 unspecified atom stereocenters. The van der Waals surface area contributed by atoms with E-state index in [1.807, 2.05) is 42.5 Å². The third-order valence-corrected chi connectivity index (χ3v) is 6.96. The number of methoxy groups -OCH3 is 1. The summed E-state index contributed by atoms with van der Waals surface area (Å²) in [7, 11) is 1.66. The Morgan fingerprint density at radius 3 is 2.84 bits per heavy atom. The minimum absolute atomic E-state index is 0.521. The molecule has 3 atom stereocenters. The molecule has 0 amide bonds. The Morgan fingerprint density at radius 1 is 1.25 bits per heavy atom. The average Bonchev–Trinajstić information content (AvgIpc) is 3.41. The third-order valence-electron chi connectivity index (χ3n) is 6.96. The molecular formula is C26H31N3O3. The van der Waals surface area contributed by atoms with Crippen LogP contribution in [0.25, 0.3) is 17.0 Å². The molecule has 2 fully saturated rings. The van der Waals surface area contributed by atoms with Gasteiger partial charge in [0.05, 0.1) is 25.0 Å². The third kappa shape index (κ3) is 4.44. The predicted molar refractivity (Wildman–Crippen MR) is 126 cm³/mol. The van der Waals surface area contributed by atoms with Crippen LogP contribution >= 0.6 is 0 Å². The van der Waals surface area contributed by atoms with Crippen molar-refractivity contribution in [1.82, 2.24) is 15.2 Å². The molecule has 32 heavy (non-hydrogen) atoms. The van der Waals surface area contributed by atoms with Gasteiger partial charge in [0, 0.05) is 42.8 Å². The molecule has 1 aromatic carbocycles. The maximum atomic E-state index is 11.2. The number of pyridine rings is 1. The standard InChI is InChI=1S/C26H31N3O3/c1-31-22-8-9-25-24(16-22)23(10-12-28-25)26(30)17-29-19-6-7-20(29)15-18(14-19)27-11-2-4-21-5-3-13-32-21/h2-5,8-10,12-13,16,18-20,26-27,30H,6-7,11,14-15,17H2,1H3. The molecule has 0 aliphatic carbocycles. The van der Waals surface area contributed by atoms with Gasteiger partial charge in [0.15, 0.2) is 0 Å². The lowest BCUT2D eigenvalue weighted by Crippen LogP contribution is -2.50. The van der Waals surface area contributed by atoms with Crippen molar-refractivity contribution in [2.45, 2.75) is 49.9 Å². The fraction of sp³-hybridized carbons (Fsp3) is 0.423. The molecule has 2 saturated heterocycles. The molecule has 6 nitrogen and oxygen atoms in total. The Labute approximate surface area is 188 Å². The van der Waals surface area contributed by atoms with E-state index in [4.69, 9.17) is 9.15 Å². The number of benzene rings is 1. The Balaban J connectivity index is 1.21. The summed E-state index contributed by atoms with van der Waals surface area (Å²) in [5, 5.41) is 15.8. The summed E-state index contributed by atoms with van der Waals surface area (Å²) in [5.74, 6) is 1.67. The second-order valence-corrected chi connectivity index (χ2v) is 8.88. The van der Waals surface area contributed by atoms with Gasteiger partial charge in [-0.3, -0.25) is 9.88 Å². The molecule has 168 valence electrons. The van der Waals surface area contributed by atoms with Gasteiger partial charge in [-0.25, -0.2) is 0 Å². The number of nitrogens with one attached hydrogen (secondary N) is 1. The fourth-order valence-electron chi connectivity index (χ4n) is 5.40. The molecule has 2 bridgehead atoms. The number of piperidine rings is 1. The van der Waals surface area contributed by atoms with Gasteiger partial charge in [0.25, 0.3) is 0 Å². The molecule has 2 aromatic heterocycles. The number of hydrogen-bond donors (Lipinski definition) is 2. The van der Waals surface area contributed by atoms with E-state index < -0.39 is 6.10 Å². The summed E-state index contributed by atoms with van der Waals surface area (Å²) in [6.07, 6.45) is 11.8. The van der Waals surface area contributed by atoms with Crippen LogP contribution in [0.2, 0.25) is 0 Å². The van der Waals surface area contributed by atoms with Crippen LogP contribution in [0.15, 0.2) is 59.4 Å². The van der Waals surface area contributed by atoms with Crippen molar-refractivity contribution in [1.29, 1.82) is 0 Å². The minimum Gasteiger partial charge on any atom is -0.497 e. The Kier molecular flexibility index (Phi) is 6.26. The van der Waals surface area contributed by atoms with E-state index in [2.05, 4.69) is 21.3 Å². The summed E-state index contributed by atoms with van der Waals surface area (Å²) in [6, 6.07) is 13.2. The molecule has 0 spiro atoms. The second kappa shape index (κ2) is 9.45. The van der Waals surface area contributed by atoms with Crippen LogP contribution in [-0.4, -0.2) is 53.3 Å². The van der Waals surface area contributed by atoms with E-state index in [0.29, 0.717) is 24.7 Å². The highest BCUT2D eigenvalue weighted by Crippen LogP contribution is 2.37. The highest BCUT2D eigenvalue weighted by Gasteiger charge is 2.41. The average molecular weight is 434 g/mol. The minimum atomic E-state index is -0.545. The van der Waals surface area contributed by atoms with Crippen molar-refractivity contribution < 1.29 is 14.3 Å². The van der Waals surface area contributed by atoms with Crippen molar-refractivity contribution in [2.24, 2.45) is 0 Å². The monoisotopic (exact) mass is 433 g/mol. The van der Waals surface area contributed by atoms with Crippen molar-refractivity contribution in [2.75, 3.05) is 20.2 Å². The summed E-state index contributed by atoms with van der Waals surface area (Å²) < 4.78 is 10.7. The zero-order chi connectivity index (χ0) is 21.9. The van der Waals surface area contributed by atoms with Gasteiger partial charge in [-0.1, -0.05) is 6.08 Å².